The molecular weight excluding hydrogens is 356 g/mol. The Kier molecular flexibility index (Phi) is 14.3. The number of nitrogens with zero attached hydrogens (tertiary/aromatic N) is 2. The van der Waals surface area contributed by atoms with E-state index >= 15 is 0 Å². The summed E-state index contributed by atoms with van der Waals surface area (Å²) in [7, 11) is -0.431. The average Bonchev–Trinajstić information content (AvgIpc) is 2.73. The van der Waals surface area contributed by atoms with E-state index in [9.17, 15) is 0 Å². The topological polar surface area (TPSA) is 6.48 Å². The van der Waals surface area contributed by atoms with Crippen LogP contribution in [-0.2, 0) is 0 Å². The van der Waals surface area contributed by atoms with Crippen LogP contribution in [0.1, 0.15) is 84.6 Å². The maximum absolute atomic E-state index is 3.98. The molecule has 0 aliphatic heterocycles. The van der Waals surface area contributed by atoms with Gasteiger partial charge in [-0.05, 0) is 57.4 Å². The molecule has 0 heterocycles. The van der Waals surface area contributed by atoms with Crippen molar-refractivity contribution in [1.29, 1.82) is 0 Å². The molecule has 1 aromatic carbocycles. The summed E-state index contributed by atoms with van der Waals surface area (Å²) in [6.07, 6.45) is 12.4. The van der Waals surface area contributed by atoms with E-state index in [-0.39, 0.29) is 0 Å². The molecule has 1 rings (SSSR count). The second kappa shape index (κ2) is 16.0. The van der Waals surface area contributed by atoms with Crippen molar-refractivity contribution >= 4 is 20.8 Å². The van der Waals surface area contributed by atoms with Crippen molar-refractivity contribution in [3.8, 4) is 0 Å². The molecule has 0 saturated heterocycles. The maximum atomic E-state index is 3.98. The molecule has 0 saturated carbocycles. The van der Waals surface area contributed by atoms with E-state index < -0.39 is 9.52 Å². The molecule has 0 aromatic heterocycles. The van der Waals surface area contributed by atoms with Crippen molar-refractivity contribution in [2.24, 2.45) is 0 Å². The lowest BCUT2D eigenvalue weighted by Crippen LogP contribution is -2.55. The zero-order chi connectivity index (χ0) is 20.6. The van der Waals surface area contributed by atoms with Crippen molar-refractivity contribution in [3.05, 3.63) is 36.4 Å². The van der Waals surface area contributed by atoms with Crippen molar-refractivity contribution in [1.82, 2.24) is 9.80 Å². The highest BCUT2D eigenvalue weighted by molar-refractivity contribution is 6.55. The molecule has 0 amide bonds. The highest BCUT2D eigenvalue weighted by Crippen LogP contribution is 2.13. The Labute approximate surface area is 178 Å². The quantitative estimate of drug-likeness (QED) is 0.261. The summed E-state index contributed by atoms with van der Waals surface area (Å²) < 4.78 is 0. The van der Waals surface area contributed by atoms with Crippen molar-refractivity contribution in [3.63, 3.8) is 0 Å². The van der Waals surface area contributed by atoms with E-state index in [0.717, 1.165) is 0 Å². The SMILES string of the molecule is C=Cc1cccc([SiH2]C(N(CCCC)CCCC)N(CCCC)CCCC)c1. The monoisotopic (exact) mass is 402 g/mol. The van der Waals surface area contributed by atoms with Crippen LogP contribution in [0.5, 0.6) is 0 Å². The maximum Gasteiger partial charge on any atom is 0.0923 e. The normalized spacial score (nSPS) is 12.1. The summed E-state index contributed by atoms with van der Waals surface area (Å²) in [6.45, 7) is 18.3. The van der Waals surface area contributed by atoms with Crippen LogP contribution in [-0.4, -0.2) is 51.3 Å². The van der Waals surface area contributed by atoms with Crippen LogP contribution in [0.15, 0.2) is 30.8 Å². The lowest BCUT2D eigenvalue weighted by atomic mass is 10.2. The summed E-state index contributed by atoms with van der Waals surface area (Å²) in [5.74, 6) is 0.649. The first-order valence-corrected chi connectivity index (χ1v) is 13.4. The third-order valence-electron chi connectivity index (χ3n) is 5.64. The first-order valence-electron chi connectivity index (χ1n) is 11.9. The molecule has 1 aromatic rings. The van der Waals surface area contributed by atoms with Crippen LogP contribution >= 0.6 is 0 Å². The van der Waals surface area contributed by atoms with Gasteiger partial charge in [0, 0.05) is 0 Å². The predicted octanol–water partition coefficient (Wildman–Crippen LogP) is 5.21. The fraction of sp³-hybridized carbons (Fsp3) is 0.680. The van der Waals surface area contributed by atoms with E-state index in [1.807, 2.05) is 6.08 Å². The van der Waals surface area contributed by atoms with Gasteiger partial charge in [0.2, 0.25) is 0 Å². The number of unbranched alkanes of at least 4 members (excludes halogenated alkanes) is 4. The van der Waals surface area contributed by atoms with Gasteiger partial charge in [0.1, 0.15) is 0 Å². The van der Waals surface area contributed by atoms with Crippen molar-refractivity contribution in [2.45, 2.75) is 84.9 Å². The van der Waals surface area contributed by atoms with E-state index in [4.69, 9.17) is 0 Å². The predicted molar refractivity (Wildman–Crippen MR) is 131 cm³/mol. The Morgan fingerprint density at radius 1 is 0.821 bits per heavy atom. The largest absolute Gasteiger partial charge is 0.291 e. The van der Waals surface area contributed by atoms with Crippen LogP contribution < -0.4 is 5.19 Å². The summed E-state index contributed by atoms with van der Waals surface area (Å²) in [5, 5.41) is 1.58. The number of benzene rings is 1. The van der Waals surface area contributed by atoms with Gasteiger partial charge in [-0.2, -0.15) is 0 Å². The lowest BCUT2D eigenvalue weighted by Gasteiger charge is -2.40. The Hall–Kier alpha value is -0.903. The fourth-order valence-corrected chi connectivity index (χ4v) is 6.11. The minimum atomic E-state index is -0.431. The third kappa shape index (κ3) is 9.53. The van der Waals surface area contributed by atoms with Gasteiger partial charge in [0.25, 0.3) is 0 Å². The van der Waals surface area contributed by atoms with E-state index in [1.165, 1.54) is 83.1 Å². The molecule has 160 valence electrons. The number of rotatable bonds is 17. The van der Waals surface area contributed by atoms with Crippen LogP contribution in [0, 0.1) is 0 Å². The van der Waals surface area contributed by atoms with E-state index in [1.54, 1.807) is 5.19 Å². The molecular formula is C25H46N2Si. The molecule has 0 aliphatic carbocycles. The Morgan fingerprint density at radius 3 is 1.68 bits per heavy atom. The van der Waals surface area contributed by atoms with Crippen LogP contribution in [0.25, 0.3) is 6.08 Å². The number of hydrogen-bond acceptors (Lipinski definition) is 2. The van der Waals surface area contributed by atoms with Gasteiger partial charge in [-0.3, -0.25) is 9.80 Å². The zero-order valence-corrected chi connectivity index (χ0v) is 20.7. The highest BCUT2D eigenvalue weighted by Gasteiger charge is 2.25. The second-order valence-electron chi connectivity index (χ2n) is 8.12. The van der Waals surface area contributed by atoms with Crippen LogP contribution in [0.3, 0.4) is 0 Å². The molecule has 0 radical (unpaired) electrons. The molecule has 28 heavy (non-hydrogen) atoms. The van der Waals surface area contributed by atoms with Crippen molar-refractivity contribution in [2.75, 3.05) is 26.2 Å². The third-order valence-corrected chi connectivity index (χ3v) is 7.95. The van der Waals surface area contributed by atoms with Gasteiger partial charge >= 0.3 is 0 Å². The van der Waals surface area contributed by atoms with Crippen LogP contribution in [0.4, 0.5) is 0 Å². The lowest BCUT2D eigenvalue weighted by molar-refractivity contribution is 0.0911. The Balaban J connectivity index is 3.11. The van der Waals surface area contributed by atoms with Crippen molar-refractivity contribution < 1.29 is 0 Å². The van der Waals surface area contributed by atoms with E-state index in [2.05, 4.69) is 68.3 Å². The Morgan fingerprint density at radius 2 is 1.29 bits per heavy atom. The minimum absolute atomic E-state index is 0.431. The highest BCUT2D eigenvalue weighted by atomic mass is 28.2. The summed E-state index contributed by atoms with van der Waals surface area (Å²) in [4.78, 5) is 5.70. The van der Waals surface area contributed by atoms with Crippen LogP contribution in [0.2, 0.25) is 0 Å². The first-order chi connectivity index (χ1) is 13.7. The van der Waals surface area contributed by atoms with Gasteiger partial charge in [-0.25, -0.2) is 0 Å². The minimum Gasteiger partial charge on any atom is -0.291 e. The molecule has 0 atom stereocenters. The summed E-state index contributed by atoms with van der Waals surface area (Å²) >= 11 is 0. The molecule has 0 unspecified atom stereocenters. The number of hydrogen-bond donors (Lipinski definition) is 0. The van der Waals surface area contributed by atoms with E-state index in [0.29, 0.717) is 5.79 Å². The smallest absolute Gasteiger partial charge is 0.0923 e. The molecule has 0 fully saturated rings. The van der Waals surface area contributed by atoms with Gasteiger partial charge in [-0.1, -0.05) is 95.5 Å². The summed E-state index contributed by atoms with van der Waals surface area (Å²) in [5.41, 5.74) is 1.27. The average molecular weight is 403 g/mol. The molecule has 2 nitrogen and oxygen atoms in total. The van der Waals surface area contributed by atoms with Gasteiger partial charge in [0.15, 0.2) is 0 Å². The first kappa shape index (κ1) is 25.1. The molecule has 0 bridgehead atoms. The Bertz CT molecular complexity index is 481. The second-order valence-corrected chi connectivity index (χ2v) is 10.1. The molecule has 0 spiro atoms. The van der Waals surface area contributed by atoms with Gasteiger partial charge < -0.3 is 0 Å². The van der Waals surface area contributed by atoms with Gasteiger partial charge in [0.05, 0.1) is 15.3 Å². The molecule has 0 N–H and O–H groups in total. The summed E-state index contributed by atoms with van der Waals surface area (Å²) in [6, 6.07) is 9.16. The van der Waals surface area contributed by atoms with Gasteiger partial charge in [-0.15, -0.1) is 0 Å². The zero-order valence-electron chi connectivity index (χ0n) is 19.3. The standard InChI is InChI=1S/C25H46N2Si/c1-6-11-18-26(19-12-7-2)25(27(20-13-8-3)21-14-9-4)28-24-17-15-16-23(10-5)22-24/h10,15-17,22,25H,5-9,11-14,18-21,28H2,1-4H3. The molecule has 3 heteroatoms. The fourth-order valence-electron chi connectivity index (χ4n) is 3.81. The molecule has 0 aliphatic rings.